The number of fused-ring (bicyclic) bond motifs is 4. The van der Waals surface area contributed by atoms with Crippen molar-refractivity contribution in [2.24, 2.45) is 11.8 Å². The van der Waals surface area contributed by atoms with Crippen LogP contribution in [-0.4, -0.2) is 70.5 Å². The Morgan fingerprint density at radius 1 is 1.02 bits per heavy atom. The van der Waals surface area contributed by atoms with Crippen molar-refractivity contribution in [3.63, 3.8) is 0 Å². The summed E-state index contributed by atoms with van der Waals surface area (Å²) in [5.41, 5.74) is -0.190. The van der Waals surface area contributed by atoms with E-state index in [2.05, 4.69) is 0 Å². The van der Waals surface area contributed by atoms with Crippen molar-refractivity contribution in [3.8, 4) is 0 Å². The number of carbonyl (C=O) groups excluding carboxylic acids is 1. The van der Waals surface area contributed by atoms with Crippen LogP contribution in [0.25, 0.3) is 10.9 Å². The van der Waals surface area contributed by atoms with Crippen molar-refractivity contribution in [1.29, 1.82) is 0 Å². The average molecular weight is 598 g/mol. The molecule has 2 saturated heterocycles. The molecular weight excluding hydrogens is 561 g/mol. The maximum absolute atomic E-state index is 15.4. The summed E-state index contributed by atoms with van der Waals surface area (Å²) in [5, 5.41) is 9.56. The first-order valence-electron chi connectivity index (χ1n) is 15.6. The zero-order valence-electron chi connectivity index (χ0n) is 24.0. The van der Waals surface area contributed by atoms with Gasteiger partial charge in [-0.15, -0.1) is 0 Å². The van der Waals surface area contributed by atoms with Gasteiger partial charge in [-0.1, -0.05) is 0 Å². The van der Waals surface area contributed by atoms with Crippen LogP contribution in [0.15, 0.2) is 23.1 Å². The lowest BCUT2D eigenvalue weighted by atomic mass is 9.90. The van der Waals surface area contributed by atoms with E-state index in [0.717, 1.165) is 51.0 Å². The highest BCUT2D eigenvalue weighted by Gasteiger charge is 2.63. The summed E-state index contributed by atoms with van der Waals surface area (Å²) in [6.45, 7) is 1.48. The normalized spacial score (nSPS) is 33.7. The van der Waals surface area contributed by atoms with Gasteiger partial charge in [0.05, 0.1) is 11.2 Å². The van der Waals surface area contributed by atoms with E-state index in [9.17, 15) is 19.5 Å². The average Bonchev–Trinajstić information content (AvgIpc) is 3.51. The first kappa shape index (κ1) is 27.3. The number of benzene rings is 1. The van der Waals surface area contributed by atoms with Gasteiger partial charge in [0.2, 0.25) is 17.0 Å². The second-order valence-corrected chi connectivity index (χ2v) is 13.3. The van der Waals surface area contributed by atoms with Gasteiger partial charge in [-0.25, -0.2) is 14.0 Å². The number of hydrogen-bond acceptors (Lipinski definition) is 8. The molecule has 1 N–H and O–H groups in total. The SMILES string of the molecule is O=C(O)c1cn(C2CC2)c2cc(N3CCN(C(=O)O[C@@H]4CCC[C@]5(C4)OOC4(CC6CCC4C6)O5)CC3)c(F)cc2c1=O. The molecule has 1 aromatic carbocycles. The predicted octanol–water partition coefficient (Wildman–Crippen LogP) is 4.57. The van der Waals surface area contributed by atoms with Gasteiger partial charge in [0.15, 0.2) is 0 Å². The Morgan fingerprint density at radius 3 is 2.53 bits per heavy atom. The largest absolute Gasteiger partial charge is 0.477 e. The fourth-order valence-electron chi connectivity index (χ4n) is 8.13. The van der Waals surface area contributed by atoms with Crippen LogP contribution in [0.5, 0.6) is 0 Å². The van der Waals surface area contributed by atoms with Crippen molar-refractivity contribution >= 4 is 28.7 Å². The molecule has 2 bridgehead atoms. The summed E-state index contributed by atoms with van der Waals surface area (Å²) >= 11 is 0. The van der Waals surface area contributed by atoms with Crippen LogP contribution < -0.4 is 10.3 Å². The number of anilines is 1. The van der Waals surface area contributed by atoms with Gasteiger partial charge in [0.25, 0.3) is 0 Å². The second kappa shape index (κ2) is 9.90. The highest BCUT2D eigenvalue weighted by Crippen LogP contribution is 2.59. The maximum atomic E-state index is 15.4. The Bertz CT molecular complexity index is 1550. The molecule has 0 radical (unpaired) electrons. The number of aromatic carboxylic acids is 1. The van der Waals surface area contributed by atoms with Gasteiger partial charge in [0, 0.05) is 69.0 Å². The Balaban J connectivity index is 0.926. The van der Waals surface area contributed by atoms with Crippen LogP contribution in [-0.2, 0) is 19.2 Å². The van der Waals surface area contributed by atoms with E-state index in [4.69, 9.17) is 19.2 Å². The highest BCUT2D eigenvalue weighted by atomic mass is 19.1. The molecule has 230 valence electrons. The smallest absolute Gasteiger partial charge is 0.410 e. The molecule has 8 rings (SSSR count). The van der Waals surface area contributed by atoms with Crippen molar-refractivity contribution in [2.45, 2.75) is 87.9 Å². The molecule has 11 nitrogen and oxygen atoms in total. The minimum absolute atomic E-state index is 0.0625. The zero-order valence-corrected chi connectivity index (χ0v) is 24.0. The standard InChI is InChI=1S/C31H36FN3O8/c32-24-13-22-25(35(20-5-6-20)17-23(27(22)36)28(37)38)14-26(24)33-8-10-34(11-9-33)29(39)40-21-2-1-7-30(16-21)41-31(43-42-30)15-18-3-4-19(31)12-18/h13-14,17-21H,1-12,15-16H2,(H,37,38)/t18?,19?,21-,30-,31?/m1/s1. The fraction of sp³-hybridized carbons (Fsp3) is 0.645. The maximum Gasteiger partial charge on any atom is 0.410 e. The van der Waals surface area contributed by atoms with Gasteiger partial charge in [-0.05, 0) is 63.0 Å². The number of carbonyl (C=O) groups is 2. The minimum Gasteiger partial charge on any atom is -0.477 e. The summed E-state index contributed by atoms with van der Waals surface area (Å²) in [6, 6.07) is 2.88. The number of hydrogen-bond donors (Lipinski definition) is 1. The monoisotopic (exact) mass is 597 g/mol. The van der Waals surface area contributed by atoms with E-state index in [1.807, 2.05) is 4.90 Å². The summed E-state index contributed by atoms with van der Waals surface area (Å²) in [4.78, 5) is 52.9. The Morgan fingerprint density at radius 2 is 1.84 bits per heavy atom. The lowest BCUT2D eigenvalue weighted by Crippen LogP contribution is -2.50. The molecule has 12 heteroatoms. The van der Waals surface area contributed by atoms with E-state index in [-0.39, 0.29) is 23.1 Å². The molecule has 2 spiro atoms. The molecule has 2 aromatic rings. The number of aromatic nitrogens is 1. The first-order valence-corrected chi connectivity index (χ1v) is 15.6. The number of halogens is 1. The Kier molecular flexibility index (Phi) is 6.29. The zero-order chi connectivity index (χ0) is 29.5. The number of ether oxygens (including phenoxy) is 2. The summed E-state index contributed by atoms with van der Waals surface area (Å²) < 4.78 is 29.6. The molecule has 1 amide bonds. The number of piperazine rings is 1. The van der Waals surface area contributed by atoms with Gasteiger partial charge in [-0.2, -0.15) is 9.78 Å². The Hall–Kier alpha value is -3.22. The summed E-state index contributed by atoms with van der Waals surface area (Å²) in [7, 11) is 0. The van der Waals surface area contributed by atoms with E-state index < -0.39 is 34.9 Å². The topological polar surface area (TPSA) is 120 Å². The molecule has 4 saturated carbocycles. The van der Waals surface area contributed by atoms with E-state index in [1.165, 1.54) is 12.6 Å². The fourth-order valence-corrected chi connectivity index (χ4v) is 8.13. The van der Waals surface area contributed by atoms with Gasteiger partial charge < -0.3 is 28.9 Å². The number of nitrogens with zero attached hydrogens (tertiary/aromatic N) is 3. The second-order valence-electron chi connectivity index (χ2n) is 13.3. The number of rotatable bonds is 4. The van der Waals surface area contributed by atoms with Gasteiger partial charge in [-0.3, -0.25) is 4.79 Å². The highest BCUT2D eigenvalue weighted by molar-refractivity contribution is 5.93. The quantitative estimate of drug-likeness (QED) is 0.506. The van der Waals surface area contributed by atoms with E-state index in [0.29, 0.717) is 62.1 Å². The van der Waals surface area contributed by atoms with Crippen LogP contribution in [0, 0.1) is 17.7 Å². The number of amides is 1. The van der Waals surface area contributed by atoms with Crippen molar-refractivity contribution in [3.05, 3.63) is 39.9 Å². The molecule has 1 aromatic heterocycles. The lowest BCUT2D eigenvalue weighted by Gasteiger charge is -2.39. The molecule has 4 aliphatic carbocycles. The molecule has 6 aliphatic rings. The number of pyridine rings is 1. The number of carboxylic acids is 1. The van der Waals surface area contributed by atoms with Crippen LogP contribution in [0.1, 0.15) is 80.6 Å². The molecule has 2 aliphatic heterocycles. The van der Waals surface area contributed by atoms with Gasteiger partial charge in [0.1, 0.15) is 17.5 Å². The summed E-state index contributed by atoms with van der Waals surface area (Å²) in [5.74, 6) is -2.42. The predicted molar refractivity (Wildman–Crippen MR) is 150 cm³/mol. The third-order valence-corrected chi connectivity index (χ3v) is 10.5. The number of carboxylic acid groups (broad SMARTS) is 1. The molecular formula is C31H36FN3O8. The molecule has 3 unspecified atom stereocenters. The first-order chi connectivity index (χ1) is 20.7. The third-order valence-electron chi connectivity index (χ3n) is 10.5. The molecule has 5 atom stereocenters. The third kappa shape index (κ3) is 4.60. The van der Waals surface area contributed by atoms with Crippen molar-refractivity contribution in [1.82, 2.24) is 9.47 Å². The van der Waals surface area contributed by atoms with Crippen LogP contribution in [0.3, 0.4) is 0 Å². The van der Waals surface area contributed by atoms with Crippen LogP contribution in [0.2, 0.25) is 0 Å². The van der Waals surface area contributed by atoms with Crippen LogP contribution in [0.4, 0.5) is 14.9 Å². The summed E-state index contributed by atoms with van der Waals surface area (Å²) in [6.07, 6.45) is 9.38. The van der Waals surface area contributed by atoms with E-state index >= 15 is 4.39 Å². The Labute approximate surface area is 247 Å². The van der Waals surface area contributed by atoms with E-state index in [1.54, 1.807) is 15.5 Å². The lowest BCUT2D eigenvalue weighted by molar-refractivity contribution is -0.363. The molecule has 6 fully saturated rings. The molecule has 43 heavy (non-hydrogen) atoms. The minimum atomic E-state index is -1.32. The van der Waals surface area contributed by atoms with Crippen LogP contribution >= 0.6 is 0 Å². The van der Waals surface area contributed by atoms with Crippen molar-refractivity contribution < 1.29 is 38.3 Å². The van der Waals surface area contributed by atoms with Crippen molar-refractivity contribution in [2.75, 3.05) is 31.1 Å². The molecule has 3 heterocycles. The van der Waals surface area contributed by atoms with Gasteiger partial charge >= 0.3 is 12.1 Å².